The van der Waals surface area contributed by atoms with E-state index in [-0.39, 0.29) is 23.8 Å². The minimum atomic E-state index is -0.280. The predicted octanol–water partition coefficient (Wildman–Crippen LogP) is 4.28. The van der Waals surface area contributed by atoms with E-state index in [2.05, 4.69) is 60.2 Å². The van der Waals surface area contributed by atoms with Crippen molar-refractivity contribution in [3.8, 4) is 11.5 Å². The van der Waals surface area contributed by atoms with E-state index in [9.17, 15) is 4.79 Å². The van der Waals surface area contributed by atoms with Crippen LogP contribution in [0.25, 0.3) is 0 Å². The van der Waals surface area contributed by atoms with Gasteiger partial charge in [-0.05, 0) is 34.2 Å². The summed E-state index contributed by atoms with van der Waals surface area (Å²) in [5.74, 6) is 1.71. The van der Waals surface area contributed by atoms with Crippen molar-refractivity contribution < 1.29 is 23.4 Å². The molecule has 8 heteroatoms. The summed E-state index contributed by atoms with van der Waals surface area (Å²) in [7, 11) is 1.59. The number of carbonyl (C=O) groups is 1. The first-order valence-corrected chi connectivity index (χ1v) is 11.7. The molecule has 4 rings (SSSR count). The topological polar surface area (TPSA) is 86.1 Å². The van der Waals surface area contributed by atoms with Crippen LogP contribution in [0, 0.1) is 0 Å². The normalized spacial score (nSPS) is 12.8. The second-order valence-corrected chi connectivity index (χ2v) is 9.65. The number of fused-ring (bicyclic) bond motifs is 1. The average Bonchev–Trinajstić information content (AvgIpc) is 3.48. The fraction of sp³-hybridized carbons (Fsp3) is 0.407. The first kappa shape index (κ1) is 24.8. The van der Waals surface area contributed by atoms with Gasteiger partial charge in [-0.1, -0.05) is 51.1 Å². The number of hydrogen-bond acceptors (Lipinski definition) is 7. The molecule has 2 heterocycles. The highest BCUT2D eigenvalue weighted by Gasteiger charge is 2.19. The van der Waals surface area contributed by atoms with Crippen LogP contribution >= 0.6 is 0 Å². The Balaban J connectivity index is 1.49. The van der Waals surface area contributed by atoms with Crippen LogP contribution in [0.5, 0.6) is 11.5 Å². The molecule has 1 aromatic heterocycles. The molecule has 8 nitrogen and oxygen atoms in total. The van der Waals surface area contributed by atoms with Gasteiger partial charge >= 0.3 is 0 Å². The first-order chi connectivity index (χ1) is 16.8. The molecule has 2 aromatic carbocycles. The van der Waals surface area contributed by atoms with Crippen molar-refractivity contribution in [2.75, 3.05) is 27.1 Å². The lowest BCUT2D eigenvalue weighted by Crippen LogP contribution is -2.27. The quantitative estimate of drug-likeness (QED) is 0.435. The number of amides is 1. The molecule has 186 valence electrons. The van der Waals surface area contributed by atoms with Gasteiger partial charge in [-0.25, -0.2) is 4.98 Å². The second-order valence-electron chi connectivity index (χ2n) is 9.65. The van der Waals surface area contributed by atoms with E-state index in [1.807, 2.05) is 18.2 Å². The van der Waals surface area contributed by atoms with Crippen molar-refractivity contribution in [3.05, 3.63) is 77.0 Å². The third kappa shape index (κ3) is 6.61. The van der Waals surface area contributed by atoms with Gasteiger partial charge < -0.3 is 23.9 Å². The molecular weight excluding hydrogens is 446 g/mol. The standard InChI is InChI=1S/C27H33N3O5/c1-27(2,3)21-8-5-19(6-9-21)14-30(15-20-7-10-23-24(13-20)35-18-34-23)16-25-29-22(17-33-25)26(31)28-11-12-32-4/h5-10,13,17H,11-12,14-16,18H2,1-4H3,(H,28,31). The molecule has 0 saturated heterocycles. The van der Waals surface area contributed by atoms with E-state index in [1.54, 1.807) is 7.11 Å². The van der Waals surface area contributed by atoms with Crippen LogP contribution in [0.15, 0.2) is 53.1 Å². The summed E-state index contributed by atoms with van der Waals surface area (Å²) in [5.41, 5.74) is 3.92. The number of aromatic nitrogens is 1. The molecule has 0 unspecified atom stereocenters. The van der Waals surface area contributed by atoms with Gasteiger partial charge in [0.25, 0.3) is 5.91 Å². The van der Waals surface area contributed by atoms with E-state index in [1.165, 1.54) is 17.4 Å². The van der Waals surface area contributed by atoms with Crippen molar-refractivity contribution in [3.63, 3.8) is 0 Å². The van der Waals surface area contributed by atoms with Crippen molar-refractivity contribution in [2.24, 2.45) is 0 Å². The van der Waals surface area contributed by atoms with Gasteiger partial charge in [0.15, 0.2) is 17.2 Å². The lowest BCUT2D eigenvalue weighted by atomic mass is 9.87. The number of methoxy groups -OCH3 is 1. The van der Waals surface area contributed by atoms with Crippen LogP contribution in [-0.4, -0.2) is 42.8 Å². The molecule has 0 bridgehead atoms. The number of ether oxygens (including phenoxy) is 3. The van der Waals surface area contributed by atoms with E-state index < -0.39 is 0 Å². The van der Waals surface area contributed by atoms with Gasteiger partial charge in [-0.3, -0.25) is 9.69 Å². The summed E-state index contributed by atoms with van der Waals surface area (Å²) in [4.78, 5) is 18.9. The predicted molar refractivity (Wildman–Crippen MR) is 131 cm³/mol. The fourth-order valence-electron chi connectivity index (χ4n) is 3.87. The molecule has 35 heavy (non-hydrogen) atoms. The van der Waals surface area contributed by atoms with Gasteiger partial charge in [-0.15, -0.1) is 0 Å². The fourth-order valence-corrected chi connectivity index (χ4v) is 3.87. The molecule has 1 aliphatic rings. The summed E-state index contributed by atoms with van der Waals surface area (Å²) >= 11 is 0. The van der Waals surface area contributed by atoms with Crippen LogP contribution in [0.1, 0.15) is 53.8 Å². The molecule has 0 atom stereocenters. The minimum absolute atomic E-state index is 0.100. The molecule has 0 radical (unpaired) electrons. The van der Waals surface area contributed by atoms with Crippen LogP contribution in [-0.2, 0) is 29.8 Å². The van der Waals surface area contributed by atoms with Crippen molar-refractivity contribution >= 4 is 5.91 Å². The second kappa shape index (κ2) is 10.9. The van der Waals surface area contributed by atoms with Gasteiger partial charge in [-0.2, -0.15) is 0 Å². The van der Waals surface area contributed by atoms with Crippen molar-refractivity contribution in [2.45, 2.75) is 45.8 Å². The number of carbonyl (C=O) groups excluding carboxylic acids is 1. The Kier molecular flexibility index (Phi) is 7.73. The van der Waals surface area contributed by atoms with E-state index in [0.29, 0.717) is 38.7 Å². The highest BCUT2D eigenvalue weighted by molar-refractivity contribution is 5.91. The third-order valence-corrected chi connectivity index (χ3v) is 5.80. The zero-order valence-corrected chi connectivity index (χ0v) is 20.8. The van der Waals surface area contributed by atoms with Gasteiger partial charge in [0.2, 0.25) is 12.7 Å². The number of nitrogens with one attached hydrogen (secondary N) is 1. The molecule has 1 aliphatic heterocycles. The lowest BCUT2D eigenvalue weighted by molar-refractivity contribution is 0.0932. The molecule has 3 aromatic rings. The highest BCUT2D eigenvalue weighted by Crippen LogP contribution is 2.33. The molecule has 0 spiro atoms. The summed E-state index contributed by atoms with van der Waals surface area (Å²) in [6, 6.07) is 14.7. The van der Waals surface area contributed by atoms with Gasteiger partial charge in [0, 0.05) is 26.7 Å². The average molecular weight is 480 g/mol. The number of hydrogen-bond donors (Lipinski definition) is 1. The maximum Gasteiger partial charge on any atom is 0.273 e. The molecule has 0 fully saturated rings. The Morgan fingerprint density at radius 1 is 1.03 bits per heavy atom. The maximum absolute atomic E-state index is 12.3. The van der Waals surface area contributed by atoms with E-state index >= 15 is 0 Å². The van der Waals surface area contributed by atoms with E-state index in [4.69, 9.17) is 18.6 Å². The number of benzene rings is 2. The van der Waals surface area contributed by atoms with Crippen LogP contribution in [0.2, 0.25) is 0 Å². The lowest BCUT2D eigenvalue weighted by Gasteiger charge is -2.23. The summed E-state index contributed by atoms with van der Waals surface area (Å²) < 4.78 is 21.6. The Hall–Kier alpha value is -3.36. The Morgan fingerprint density at radius 3 is 2.49 bits per heavy atom. The summed E-state index contributed by atoms with van der Waals surface area (Å²) in [6.45, 7) is 9.51. The largest absolute Gasteiger partial charge is 0.454 e. The smallest absolute Gasteiger partial charge is 0.273 e. The van der Waals surface area contributed by atoms with Gasteiger partial charge in [0.05, 0.1) is 13.2 Å². The molecular formula is C27H33N3O5. The zero-order chi connectivity index (χ0) is 24.8. The monoisotopic (exact) mass is 479 g/mol. The SMILES string of the molecule is COCCNC(=O)c1coc(CN(Cc2ccc(C(C)(C)C)cc2)Cc2ccc3c(c2)OCO3)n1. The molecule has 1 N–H and O–H groups in total. The number of nitrogens with zero attached hydrogens (tertiary/aromatic N) is 2. The molecule has 1 amide bonds. The molecule has 0 saturated carbocycles. The summed E-state index contributed by atoms with van der Waals surface area (Å²) in [5, 5.41) is 2.76. The minimum Gasteiger partial charge on any atom is -0.454 e. The van der Waals surface area contributed by atoms with Crippen molar-refractivity contribution in [1.29, 1.82) is 0 Å². The zero-order valence-electron chi connectivity index (χ0n) is 20.8. The number of rotatable bonds is 10. The molecule has 0 aliphatic carbocycles. The Bertz CT molecular complexity index is 1130. The summed E-state index contributed by atoms with van der Waals surface area (Å²) in [6.07, 6.45) is 1.40. The Morgan fingerprint density at radius 2 is 1.74 bits per heavy atom. The van der Waals surface area contributed by atoms with Crippen LogP contribution in [0.4, 0.5) is 0 Å². The van der Waals surface area contributed by atoms with Crippen molar-refractivity contribution in [1.82, 2.24) is 15.2 Å². The van der Waals surface area contributed by atoms with Gasteiger partial charge in [0.1, 0.15) is 6.26 Å². The Labute approximate surface area is 206 Å². The highest BCUT2D eigenvalue weighted by atomic mass is 16.7. The number of oxazole rings is 1. The van der Waals surface area contributed by atoms with E-state index in [0.717, 1.165) is 17.1 Å². The third-order valence-electron chi connectivity index (χ3n) is 5.80. The van der Waals surface area contributed by atoms with Crippen LogP contribution in [0.3, 0.4) is 0 Å². The first-order valence-electron chi connectivity index (χ1n) is 11.7. The van der Waals surface area contributed by atoms with Crippen LogP contribution < -0.4 is 14.8 Å². The maximum atomic E-state index is 12.3.